The van der Waals surface area contributed by atoms with E-state index in [1.54, 1.807) is 0 Å². The summed E-state index contributed by atoms with van der Waals surface area (Å²) in [5.74, 6) is 0.758. The number of hydrogen-bond acceptors (Lipinski definition) is 1. The Morgan fingerprint density at radius 1 is 1.31 bits per heavy atom. The van der Waals surface area contributed by atoms with Crippen LogP contribution < -0.4 is 5.32 Å². The smallest absolute Gasteiger partial charge is 0.160 e. The standard InChI is InChI=1S/C10H18ClNO/c1-13-10-4-5-12-9-6-7(11)2-3-8(9)10/h7-10,12H,2-6H2,1H3/p+1. The van der Waals surface area contributed by atoms with Gasteiger partial charge in [0.2, 0.25) is 0 Å². The van der Waals surface area contributed by atoms with Gasteiger partial charge in [-0.2, -0.15) is 0 Å². The van der Waals surface area contributed by atoms with Gasteiger partial charge in [0, 0.05) is 30.3 Å². The number of ether oxygens (including phenoxy) is 1. The Bertz CT molecular complexity index is 176. The highest BCUT2D eigenvalue weighted by atomic mass is 35.5. The summed E-state index contributed by atoms with van der Waals surface area (Å²) in [5.41, 5.74) is 0. The van der Waals surface area contributed by atoms with Gasteiger partial charge in [0.1, 0.15) is 7.11 Å². The topological polar surface area (TPSA) is 24.8 Å². The van der Waals surface area contributed by atoms with Crippen LogP contribution in [0.1, 0.15) is 25.7 Å². The van der Waals surface area contributed by atoms with E-state index in [1.165, 1.54) is 19.3 Å². The van der Waals surface area contributed by atoms with Gasteiger partial charge in [-0.15, -0.1) is 11.6 Å². The molecule has 0 aromatic rings. The van der Waals surface area contributed by atoms with Gasteiger partial charge < -0.3 is 10.1 Å². The summed E-state index contributed by atoms with van der Waals surface area (Å²) in [6.07, 6.45) is 5.38. The highest BCUT2D eigenvalue weighted by molar-refractivity contribution is 6.20. The number of rotatable bonds is 1. The molecule has 1 saturated heterocycles. The molecule has 1 aliphatic carbocycles. The van der Waals surface area contributed by atoms with Crippen molar-refractivity contribution in [2.75, 3.05) is 13.7 Å². The first-order valence-corrected chi connectivity index (χ1v) is 5.71. The summed E-state index contributed by atoms with van der Waals surface area (Å²) in [6.45, 7) is 1.12. The van der Waals surface area contributed by atoms with E-state index in [1.807, 2.05) is 7.11 Å². The average Bonchev–Trinajstić information content (AvgIpc) is 2.16. The van der Waals surface area contributed by atoms with Gasteiger partial charge in [-0.3, -0.25) is 0 Å². The molecule has 2 fully saturated rings. The van der Waals surface area contributed by atoms with Crippen LogP contribution in [0.2, 0.25) is 0 Å². The Hall–Kier alpha value is 0.210. The third kappa shape index (κ3) is 2.00. The van der Waals surface area contributed by atoms with Crippen molar-refractivity contribution in [2.24, 2.45) is 5.92 Å². The number of fused-ring (bicyclic) bond motifs is 1. The Morgan fingerprint density at radius 3 is 2.92 bits per heavy atom. The quantitative estimate of drug-likeness (QED) is 0.505. The Labute approximate surface area is 85.0 Å². The van der Waals surface area contributed by atoms with Crippen LogP contribution in [0.15, 0.2) is 0 Å². The molecule has 2 N–H and O–H groups in total. The van der Waals surface area contributed by atoms with Gasteiger partial charge in [-0.1, -0.05) is 0 Å². The summed E-state index contributed by atoms with van der Waals surface area (Å²) in [7, 11) is 1.96. The predicted molar refractivity (Wildman–Crippen MR) is 55.3 cm³/mol. The zero-order chi connectivity index (χ0) is 9.26. The minimum atomic E-state index is 0.393. The second kappa shape index (κ2) is 4.16. The molecule has 0 amide bonds. The van der Waals surface area contributed by atoms with E-state index in [2.05, 4.69) is 10.1 Å². The minimum absolute atomic E-state index is 0.393. The van der Waals surface area contributed by atoms with Crippen molar-refractivity contribution < 1.29 is 4.74 Å². The average molecular weight is 205 g/mol. The van der Waals surface area contributed by atoms with Gasteiger partial charge in [-0.05, 0) is 19.3 Å². The highest BCUT2D eigenvalue weighted by Gasteiger charge is 2.39. The summed E-state index contributed by atoms with van der Waals surface area (Å²) in [5, 5.41) is 3.96. The molecular weight excluding hydrogens is 186 g/mol. The monoisotopic (exact) mass is 204 g/mol. The molecule has 1 aliphatic heterocycles. The number of alkyl halides is 1. The van der Waals surface area contributed by atoms with E-state index in [0.29, 0.717) is 17.5 Å². The zero-order valence-electron chi connectivity index (χ0n) is 8.17. The summed E-state index contributed by atoms with van der Waals surface area (Å²) in [6, 6.07) is 0.638. The summed E-state index contributed by atoms with van der Waals surface area (Å²) < 4.78 is 4.47. The number of nitrogens with one attached hydrogen (secondary N) is 1. The van der Waals surface area contributed by atoms with Crippen LogP contribution in [0.3, 0.4) is 0 Å². The van der Waals surface area contributed by atoms with Crippen molar-refractivity contribution in [2.45, 2.75) is 43.2 Å². The van der Waals surface area contributed by atoms with Gasteiger partial charge in [0.05, 0.1) is 0 Å². The van der Waals surface area contributed by atoms with Gasteiger partial charge in [0.25, 0.3) is 0 Å². The number of aliphatic hydroxyl groups is 2. The maximum absolute atomic E-state index is 6.16. The van der Waals surface area contributed by atoms with Crippen LogP contribution in [0.4, 0.5) is 0 Å². The third-order valence-electron chi connectivity index (χ3n) is 3.51. The molecule has 2 rings (SSSR count). The minimum Gasteiger partial charge on any atom is -0.433 e. The molecule has 1 heterocycles. The van der Waals surface area contributed by atoms with E-state index in [9.17, 15) is 0 Å². The van der Waals surface area contributed by atoms with Crippen LogP contribution in [0, 0.1) is 5.92 Å². The molecule has 3 heteroatoms. The van der Waals surface area contributed by atoms with Gasteiger partial charge in [-0.25, -0.2) is 0 Å². The largest absolute Gasteiger partial charge is 0.433 e. The summed E-state index contributed by atoms with van der Waals surface area (Å²) >= 11 is 6.16. The second-order valence-corrected chi connectivity index (χ2v) is 4.87. The number of piperidine rings is 1. The number of halogens is 1. The van der Waals surface area contributed by atoms with Crippen LogP contribution in [0.25, 0.3) is 0 Å². The molecule has 2 aliphatic rings. The first-order valence-electron chi connectivity index (χ1n) is 5.27. The van der Waals surface area contributed by atoms with E-state index in [4.69, 9.17) is 11.6 Å². The van der Waals surface area contributed by atoms with Crippen LogP contribution in [-0.2, 0) is 0 Å². The van der Waals surface area contributed by atoms with Crippen LogP contribution >= 0.6 is 11.6 Å². The lowest BCUT2D eigenvalue weighted by atomic mass is 9.77. The maximum atomic E-state index is 6.16. The molecule has 2 nitrogen and oxygen atoms in total. The van der Waals surface area contributed by atoms with Crippen molar-refractivity contribution in [3.8, 4) is 0 Å². The first-order chi connectivity index (χ1) is 6.31. The van der Waals surface area contributed by atoms with Gasteiger partial charge >= 0.3 is 0 Å². The van der Waals surface area contributed by atoms with Crippen molar-refractivity contribution in [3.05, 3.63) is 0 Å². The van der Waals surface area contributed by atoms with Gasteiger partial charge in [0.15, 0.2) is 6.10 Å². The van der Waals surface area contributed by atoms with Crippen molar-refractivity contribution >= 4 is 11.6 Å². The fourth-order valence-electron chi connectivity index (χ4n) is 2.79. The fraction of sp³-hybridized carbons (Fsp3) is 1.00. The lowest BCUT2D eigenvalue weighted by Crippen LogP contribution is -2.53. The molecule has 4 unspecified atom stereocenters. The van der Waals surface area contributed by atoms with E-state index >= 15 is 0 Å². The SMILES string of the molecule is C[OH+]C1CCNC2CC(Cl)CCC21. The molecule has 76 valence electrons. The molecule has 0 radical (unpaired) electrons. The first kappa shape index (κ1) is 9.75. The molecule has 13 heavy (non-hydrogen) atoms. The van der Waals surface area contributed by atoms with Crippen LogP contribution in [-0.4, -0.2) is 35.9 Å². The van der Waals surface area contributed by atoms with E-state index in [-0.39, 0.29) is 0 Å². The second-order valence-electron chi connectivity index (χ2n) is 4.25. The molecule has 0 aromatic heterocycles. The summed E-state index contributed by atoms with van der Waals surface area (Å²) in [4.78, 5) is 0. The number of hydrogen-bond donors (Lipinski definition) is 1. The van der Waals surface area contributed by atoms with E-state index in [0.717, 1.165) is 18.9 Å². The fourth-order valence-corrected chi connectivity index (χ4v) is 3.11. The molecule has 0 bridgehead atoms. The zero-order valence-corrected chi connectivity index (χ0v) is 8.93. The van der Waals surface area contributed by atoms with Crippen LogP contribution in [0.5, 0.6) is 0 Å². The molecule has 0 aromatic carbocycles. The van der Waals surface area contributed by atoms with Crippen molar-refractivity contribution in [1.29, 1.82) is 0 Å². The molecule has 0 spiro atoms. The highest BCUT2D eigenvalue weighted by Crippen LogP contribution is 2.33. The van der Waals surface area contributed by atoms with Crippen molar-refractivity contribution in [3.63, 3.8) is 0 Å². The van der Waals surface area contributed by atoms with E-state index < -0.39 is 0 Å². The lowest BCUT2D eigenvalue weighted by molar-refractivity contribution is -0.120. The maximum Gasteiger partial charge on any atom is 0.160 e. The molecule has 1 saturated carbocycles. The normalized spacial score (nSPS) is 45.7. The third-order valence-corrected chi connectivity index (χ3v) is 3.91. The predicted octanol–water partition coefficient (Wildman–Crippen LogP) is 1.28. The van der Waals surface area contributed by atoms with Crippen molar-refractivity contribution in [1.82, 2.24) is 5.32 Å². The molecule has 4 atom stereocenters. The molecular formula is C10H19ClNO+. The Morgan fingerprint density at radius 2 is 2.15 bits per heavy atom. The Kier molecular flexibility index (Phi) is 3.12. The lowest BCUT2D eigenvalue weighted by Gasteiger charge is -2.40. The Balaban J connectivity index is 1.99.